The summed E-state index contributed by atoms with van der Waals surface area (Å²) in [7, 11) is -8.14. The van der Waals surface area contributed by atoms with Crippen LogP contribution in [0.2, 0.25) is 0 Å². The number of amides is 1. The summed E-state index contributed by atoms with van der Waals surface area (Å²) in [4.78, 5) is 15.2. The van der Waals surface area contributed by atoms with Crippen LogP contribution in [-0.4, -0.2) is 100 Å². The van der Waals surface area contributed by atoms with Gasteiger partial charge in [0.2, 0.25) is 5.91 Å². The van der Waals surface area contributed by atoms with Crippen molar-refractivity contribution in [3.8, 4) is 0 Å². The average molecular weight is 901 g/mol. The van der Waals surface area contributed by atoms with Gasteiger partial charge >= 0.3 is 37.7 Å². The van der Waals surface area contributed by atoms with Gasteiger partial charge in [-0.2, -0.15) is 8.42 Å². The maximum atomic E-state index is 11.5. The van der Waals surface area contributed by atoms with E-state index in [2.05, 4.69) is 24.2 Å². The summed E-state index contributed by atoms with van der Waals surface area (Å²) in [6, 6.07) is 0. The second-order valence-corrected chi connectivity index (χ2v) is 19.1. The number of allylic oxidation sites excluding steroid dienone is 2. The van der Waals surface area contributed by atoms with Crippen LogP contribution in [0.3, 0.4) is 0 Å². The van der Waals surface area contributed by atoms with Gasteiger partial charge in [0.25, 0.3) is 10.1 Å². The summed E-state index contributed by atoms with van der Waals surface area (Å²) in [6.07, 6.45) is 49.0. The summed E-state index contributed by atoms with van der Waals surface area (Å²) >= 11 is 0. The van der Waals surface area contributed by atoms with Gasteiger partial charge in [-0.15, -0.1) is 0 Å². The van der Waals surface area contributed by atoms with Crippen LogP contribution in [0.5, 0.6) is 0 Å². The van der Waals surface area contributed by atoms with E-state index < -0.39 is 26.0 Å². The monoisotopic (exact) mass is 901 g/mol. The first-order valence-corrected chi connectivity index (χ1v) is 26.8. The summed E-state index contributed by atoms with van der Waals surface area (Å²) in [6.45, 7) is 4.87. The zero-order valence-corrected chi connectivity index (χ0v) is 41.8. The van der Waals surface area contributed by atoms with Gasteiger partial charge in [0.05, 0.1) is 15.9 Å². The Morgan fingerprint density at radius 1 is 0.525 bits per heavy atom. The summed E-state index contributed by atoms with van der Waals surface area (Å²) in [5.74, 6) is -1.35. The van der Waals surface area contributed by atoms with Crippen molar-refractivity contribution in [2.24, 2.45) is 4.99 Å². The average Bonchev–Trinajstić information content (AvgIpc) is 3.17. The van der Waals surface area contributed by atoms with Crippen molar-refractivity contribution in [3.63, 3.8) is 0 Å². The molecule has 344 valence electrons. The predicted octanol–water partition coefficient (Wildman–Crippen LogP) is 11.3. The minimum Gasteiger partial charge on any atom is -0.859 e. The van der Waals surface area contributed by atoms with Crippen LogP contribution in [-0.2, 0) is 25.0 Å². The van der Waals surface area contributed by atoms with Crippen LogP contribution < -0.4 is 10.4 Å². The van der Waals surface area contributed by atoms with E-state index in [0.29, 0.717) is 0 Å². The molecule has 13 heteroatoms. The first kappa shape index (κ1) is 62.8. The van der Waals surface area contributed by atoms with Gasteiger partial charge in [-0.3, -0.25) is 9.35 Å². The topological polar surface area (TPSA) is 176 Å². The number of carbonyl (C=O) groups is 1. The molecule has 0 bridgehead atoms. The van der Waals surface area contributed by atoms with Crippen LogP contribution in [0.25, 0.3) is 0 Å². The fourth-order valence-corrected chi connectivity index (χ4v) is 7.64. The number of nitrogens with zero attached hydrogens (tertiary/aromatic N) is 1. The molecule has 0 heterocycles. The number of hydrogen-bond donors (Lipinski definition) is 2. The number of aliphatic imine (C=N–C) groups is 1. The van der Waals surface area contributed by atoms with Crippen LogP contribution in [0.1, 0.15) is 232 Å². The Morgan fingerprint density at radius 2 is 0.864 bits per heavy atom. The second kappa shape index (κ2) is 48.5. The van der Waals surface area contributed by atoms with E-state index in [4.69, 9.17) is 4.55 Å². The predicted molar refractivity (Wildman–Crippen MR) is 249 cm³/mol. The molecule has 0 aromatic carbocycles. The fraction of sp³-hybridized carbons (Fsp3) is 0.870. The molecule has 0 saturated carbocycles. The molecule has 0 radical (unpaired) electrons. The normalized spacial score (nSPS) is 12.2. The van der Waals surface area contributed by atoms with Gasteiger partial charge in [-0.25, -0.2) is 8.42 Å². The largest absolute Gasteiger partial charge is 2.00 e. The number of carbonyl (C=O) groups excluding carboxylic acids is 1. The fourth-order valence-electron chi connectivity index (χ4n) is 6.65. The molecule has 0 aromatic heterocycles. The number of nitrogens with one attached hydrogen (secondary N) is 1. The van der Waals surface area contributed by atoms with Crippen molar-refractivity contribution in [2.75, 3.05) is 24.6 Å². The number of hydrogen-bond acceptors (Lipinski definition) is 8. The van der Waals surface area contributed by atoms with Gasteiger partial charge in [-0.05, 0) is 50.5 Å². The maximum absolute atomic E-state index is 11.5. The third-order valence-corrected chi connectivity index (χ3v) is 11.8. The Morgan fingerprint density at radius 3 is 1.20 bits per heavy atom. The zero-order valence-electron chi connectivity index (χ0n) is 38.0. The van der Waals surface area contributed by atoms with E-state index in [0.717, 1.165) is 25.7 Å². The number of unbranched alkanes of at least 4 members (excludes halogenated alkanes) is 30. The van der Waals surface area contributed by atoms with Gasteiger partial charge in [-0.1, -0.05) is 212 Å². The summed E-state index contributed by atoms with van der Waals surface area (Å²) in [5, 5.41) is 14.1. The molecule has 59 heavy (non-hydrogen) atoms. The Balaban J connectivity index is -0.00000105. The molecule has 0 spiro atoms. The quantitative estimate of drug-likeness (QED) is 0.0152. The van der Waals surface area contributed by atoms with Crippen molar-refractivity contribution in [2.45, 2.75) is 232 Å². The molecule has 0 fully saturated rings. The Kier molecular flexibility index (Phi) is 51.6. The molecule has 0 unspecified atom stereocenters. The van der Waals surface area contributed by atoms with E-state index in [1.807, 2.05) is 12.2 Å². The Labute approximate surface area is 394 Å². The van der Waals surface area contributed by atoms with Crippen molar-refractivity contribution in [3.05, 3.63) is 24.3 Å². The minimum absolute atomic E-state index is 0. The van der Waals surface area contributed by atoms with Crippen LogP contribution in [0.4, 0.5) is 0 Å². The van der Waals surface area contributed by atoms with Crippen molar-refractivity contribution in [1.29, 1.82) is 0 Å². The molecule has 0 saturated heterocycles. The maximum Gasteiger partial charge on any atom is 2.00 e. The first-order valence-electron chi connectivity index (χ1n) is 23.6. The van der Waals surface area contributed by atoms with E-state index in [1.165, 1.54) is 192 Å². The van der Waals surface area contributed by atoms with E-state index in [9.17, 15) is 31.3 Å². The van der Waals surface area contributed by atoms with E-state index in [-0.39, 0.29) is 81.2 Å². The van der Waals surface area contributed by atoms with Crippen molar-refractivity contribution in [1.82, 2.24) is 5.32 Å². The Bertz CT molecular complexity index is 1210. The molecule has 1 amide bonds. The van der Waals surface area contributed by atoms with Crippen LogP contribution in [0.15, 0.2) is 29.3 Å². The molecule has 0 atom stereocenters. The second-order valence-electron chi connectivity index (χ2n) is 16.0. The molecule has 0 aliphatic heterocycles. The summed E-state index contributed by atoms with van der Waals surface area (Å²) in [5.41, 5.74) is 0. The van der Waals surface area contributed by atoms with Gasteiger partial charge in [0, 0.05) is 18.8 Å². The molecule has 10 nitrogen and oxygen atoms in total. The molecular weight excluding hydrogens is 813 g/mol. The zero-order chi connectivity index (χ0) is 43.3. The van der Waals surface area contributed by atoms with Crippen LogP contribution in [0, 0.1) is 0 Å². The standard InChI is InChI=1S/2C23H45NO4S.Ca/c2*1-2-3-4-5-6-7-8-9-10-11-12-13-14-15-16-17-18-20-23(25)24-21-19-22-29(26,27)28;/h2*18,20H,2-17,19,21-22H2,1H3,(H,24,25)(H,26,27,28);/q;;+2/p-2/b2*20-18+;. The number of rotatable bonds is 42. The first-order chi connectivity index (χ1) is 27.9. The van der Waals surface area contributed by atoms with Crippen molar-refractivity contribution >= 4 is 69.8 Å². The molecule has 2 N–H and O–H groups in total. The molecule has 0 aromatic rings. The molecule has 0 aliphatic rings. The van der Waals surface area contributed by atoms with Crippen LogP contribution >= 0.6 is 0 Å². The summed E-state index contributed by atoms with van der Waals surface area (Å²) < 4.78 is 61.0. The van der Waals surface area contributed by atoms with Gasteiger partial charge in [0.15, 0.2) is 0 Å². The van der Waals surface area contributed by atoms with Gasteiger partial charge < -0.3 is 20.0 Å². The van der Waals surface area contributed by atoms with E-state index >= 15 is 0 Å². The molecule has 0 aliphatic carbocycles. The third-order valence-electron chi connectivity index (χ3n) is 10.2. The Hall–Kier alpha value is -0.500. The molecular formula is C46H88CaN2O8S2. The SMILES string of the molecule is CCCCCCCCCCCCCCCCC/C=C/C(=O)NCCCS(=O)(=O)O.CCCCCCCCCCCCCCCCC/C=C/C([O-])=NCCCS(=O)(=O)[O-].[Ca+2]. The molecule has 0 rings (SSSR count). The third kappa shape index (κ3) is 61.9. The van der Waals surface area contributed by atoms with Gasteiger partial charge in [0.1, 0.15) is 0 Å². The minimum atomic E-state index is -4.21. The van der Waals surface area contributed by atoms with Crippen molar-refractivity contribution < 1.29 is 35.8 Å². The van der Waals surface area contributed by atoms with E-state index in [1.54, 1.807) is 0 Å². The smallest absolute Gasteiger partial charge is 0.859 e.